The number of hydrogen-bond acceptors (Lipinski definition) is 6. The Morgan fingerprint density at radius 1 is 1.18 bits per heavy atom. The molecule has 8 nitrogen and oxygen atoms in total. The lowest BCUT2D eigenvalue weighted by atomic mass is 9.83. The van der Waals surface area contributed by atoms with E-state index >= 15 is 0 Å². The van der Waals surface area contributed by atoms with Gasteiger partial charge in [0.05, 0.1) is 11.0 Å². The van der Waals surface area contributed by atoms with E-state index in [1.54, 1.807) is 13.0 Å². The van der Waals surface area contributed by atoms with Gasteiger partial charge >= 0.3 is 5.97 Å². The molecule has 9 heteroatoms. The number of amides is 1. The summed E-state index contributed by atoms with van der Waals surface area (Å²) in [4.78, 5) is 23.8. The Morgan fingerprint density at radius 2 is 1.86 bits per heavy atom. The second-order valence-corrected chi connectivity index (χ2v) is 8.80. The van der Waals surface area contributed by atoms with Crippen LogP contribution in [0.3, 0.4) is 0 Å². The van der Waals surface area contributed by atoms with E-state index in [1.807, 2.05) is 6.92 Å². The maximum atomic E-state index is 12.2. The zero-order valence-electron chi connectivity index (χ0n) is 16.1. The molecule has 0 heterocycles. The molecule has 152 valence electrons. The molecule has 0 aliphatic heterocycles. The molecule has 0 bridgehead atoms. The molecule has 2 N–H and O–H groups in total. The van der Waals surface area contributed by atoms with E-state index in [0.717, 1.165) is 30.4 Å². The number of nitriles is 1. The summed E-state index contributed by atoms with van der Waals surface area (Å²) >= 11 is 0. The van der Waals surface area contributed by atoms with Crippen molar-refractivity contribution in [3.8, 4) is 6.07 Å². The van der Waals surface area contributed by atoms with Crippen LogP contribution >= 0.6 is 0 Å². The summed E-state index contributed by atoms with van der Waals surface area (Å²) in [6.07, 6.45) is 3.87. The van der Waals surface area contributed by atoms with Gasteiger partial charge in [0.2, 0.25) is 10.0 Å². The lowest BCUT2D eigenvalue weighted by molar-refractivity contribution is -0.147. The Labute approximate surface area is 165 Å². The third-order valence-electron chi connectivity index (χ3n) is 4.86. The topological polar surface area (TPSA) is 125 Å². The number of nitrogens with zero attached hydrogens (tertiary/aromatic N) is 1. The molecule has 0 radical (unpaired) electrons. The second-order valence-electron chi connectivity index (χ2n) is 7.03. The first-order valence-corrected chi connectivity index (χ1v) is 10.6. The minimum absolute atomic E-state index is 0.0504. The van der Waals surface area contributed by atoms with Crippen molar-refractivity contribution in [2.24, 2.45) is 0 Å². The Morgan fingerprint density at radius 3 is 2.46 bits per heavy atom. The van der Waals surface area contributed by atoms with Gasteiger partial charge in [0, 0.05) is 0 Å². The van der Waals surface area contributed by atoms with Crippen LogP contribution in [0.5, 0.6) is 0 Å². The largest absolute Gasteiger partial charge is 0.455 e. The maximum absolute atomic E-state index is 12.2. The fraction of sp³-hybridized carbons (Fsp3) is 0.526. The van der Waals surface area contributed by atoms with Crippen molar-refractivity contribution in [2.75, 3.05) is 13.2 Å². The summed E-state index contributed by atoms with van der Waals surface area (Å²) in [5.74, 6) is -1.45. The van der Waals surface area contributed by atoms with Crippen LogP contribution in [0.4, 0.5) is 0 Å². The lowest BCUT2D eigenvalue weighted by Gasteiger charge is -2.31. The minimum atomic E-state index is -3.86. The van der Waals surface area contributed by atoms with Crippen molar-refractivity contribution in [3.05, 3.63) is 29.3 Å². The maximum Gasteiger partial charge on any atom is 0.321 e. The fourth-order valence-electron chi connectivity index (χ4n) is 3.04. The summed E-state index contributed by atoms with van der Waals surface area (Å²) in [6, 6.07) is 6.80. The predicted molar refractivity (Wildman–Crippen MR) is 102 cm³/mol. The van der Waals surface area contributed by atoms with Crippen molar-refractivity contribution >= 4 is 21.9 Å². The highest BCUT2D eigenvalue weighted by atomic mass is 32.2. The van der Waals surface area contributed by atoms with Crippen molar-refractivity contribution < 1.29 is 22.7 Å². The van der Waals surface area contributed by atoms with E-state index < -0.39 is 40.6 Å². The molecule has 0 aromatic heterocycles. The van der Waals surface area contributed by atoms with Crippen LogP contribution in [0, 0.1) is 25.2 Å². The van der Waals surface area contributed by atoms with Crippen LogP contribution in [0.2, 0.25) is 0 Å². The molecule has 0 saturated heterocycles. The standard InChI is InChI=1S/C19H25N3O5S/c1-14-6-7-16(10-15(14)2)28(25,26)21-11-18(24)27-12-17(23)22-19(13-20)8-4-3-5-9-19/h6-7,10,21H,3-5,8-9,11-12H2,1-2H3,(H,22,23). The zero-order valence-corrected chi connectivity index (χ0v) is 16.9. The third kappa shape index (κ3) is 5.78. The van der Waals surface area contributed by atoms with Crippen molar-refractivity contribution in [2.45, 2.75) is 56.4 Å². The normalized spacial score (nSPS) is 16.0. The number of esters is 1. The molecular formula is C19H25N3O5S. The first-order chi connectivity index (χ1) is 13.2. The van der Waals surface area contributed by atoms with E-state index in [1.165, 1.54) is 12.1 Å². The van der Waals surface area contributed by atoms with Gasteiger partial charge in [-0.2, -0.15) is 9.98 Å². The average molecular weight is 407 g/mol. The quantitative estimate of drug-likeness (QED) is 0.659. The number of rotatable bonds is 7. The van der Waals surface area contributed by atoms with Crippen LogP contribution in [0.25, 0.3) is 0 Å². The summed E-state index contributed by atoms with van der Waals surface area (Å²) in [7, 11) is -3.86. The number of carbonyl (C=O) groups is 2. The highest BCUT2D eigenvalue weighted by molar-refractivity contribution is 7.89. The SMILES string of the molecule is Cc1ccc(S(=O)(=O)NCC(=O)OCC(=O)NC2(C#N)CCCCC2)cc1C. The Bertz CT molecular complexity index is 883. The van der Waals surface area contributed by atoms with E-state index in [4.69, 9.17) is 4.74 Å². The number of benzene rings is 1. The number of ether oxygens (including phenoxy) is 1. The first-order valence-electron chi connectivity index (χ1n) is 9.12. The molecule has 1 aliphatic carbocycles. The van der Waals surface area contributed by atoms with Crippen LogP contribution in [-0.2, 0) is 24.3 Å². The summed E-state index contributed by atoms with van der Waals surface area (Å²) in [5.41, 5.74) is 0.862. The number of nitrogens with one attached hydrogen (secondary N) is 2. The molecule has 1 aromatic carbocycles. The first kappa shape index (κ1) is 21.9. The monoisotopic (exact) mass is 407 g/mol. The summed E-state index contributed by atoms with van der Waals surface area (Å²) in [6.45, 7) is 2.51. The van der Waals surface area contributed by atoms with Crippen molar-refractivity contribution in [3.63, 3.8) is 0 Å². The highest BCUT2D eigenvalue weighted by Crippen LogP contribution is 2.27. The van der Waals surface area contributed by atoms with Crippen LogP contribution in [0.15, 0.2) is 23.1 Å². The Hall–Kier alpha value is -2.44. The van der Waals surface area contributed by atoms with Gasteiger partial charge in [0.15, 0.2) is 6.61 Å². The Kier molecular flexibility index (Phi) is 7.16. The molecule has 1 aromatic rings. The second kappa shape index (κ2) is 9.17. The van der Waals surface area contributed by atoms with Gasteiger partial charge in [0.25, 0.3) is 5.91 Å². The van der Waals surface area contributed by atoms with Gasteiger partial charge in [-0.25, -0.2) is 8.42 Å². The molecule has 0 unspecified atom stereocenters. The summed E-state index contributed by atoms with van der Waals surface area (Å²) < 4.78 is 31.5. The van der Waals surface area contributed by atoms with E-state index in [2.05, 4.69) is 16.1 Å². The number of carbonyl (C=O) groups excluding carboxylic acids is 2. The Balaban J connectivity index is 1.82. The molecule has 1 fully saturated rings. The minimum Gasteiger partial charge on any atom is -0.455 e. The van der Waals surface area contributed by atoms with E-state index in [-0.39, 0.29) is 4.90 Å². The smallest absolute Gasteiger partial charge is 0.321 e. The molecule has 1 saturated carbocycles. The number of aryl methyl sites for hydroxylation is 2. The highest BCUT2D eigenvalue weighted by Gasteiger charge is 2.33. The zero-order chi connectivity index (χ0) is 20.8. The predicted octanol–water partition coefficient (Wildman–Crippen LogP) is 1.47. The van der Waals surface area contributed by atoms with E-state index in [0.29, 0.717) is 12.8 Å². The molecule has 28 heavy (non-hydrogen) atoms. The van der Waals surface area contributed by atoms with Crippen LogP contribution in [-0.4, -0.2) is 39.0 Å². The molecule has 1 aliphatic rings. The van der Waals surface area contributed by atoms with Crippen LogP contribution in [0.1, 0.15) is 43.2 Å². The fourth-order valence-corrected chi connectivity index (χ4v) is 4.09. The molecule has 0 atom stereocenters. The third-order valence-corrected chi connectivity index (χ3v) is 6.26. The van der Waals surface area contributed by atoms with Gasteiger partial charge < -0.3 is 10.1 Å². The molecule has 2 rings (SSSR count). The number of sulfonamides is 1. The summed E-state index contributed by atoms with van der Waals surface area (Å²) in [5, 5.41) is 12.0. The molecule has 1 amide bonds. The van der Waals surface area contributed by atoms with Gasteiger partial charge in [0.1, 0.15) is 12.1 Å². The lowest BCUT2D eigenvalue weighted by Crippen LogP contribution is -2.50. The number of hydrogen-bond donors (Lipinski definition) is 2. The van der Waals surface area contributed by atoms with Crippen LogP contribution < -0.4 is 10.0 Å². The van der Waals surface area contributed by atoms with Gasteiger partial charge in [-0.1, -0.05) is 25.3 Å². The van der Waals surface area contributed by atoms with Crippen molar-refractivity contribution in [1.82, 2.24) is 10.0 Å². The molecular weight excluding hydrogens is 382 g/mol. The van der Waals surface area contributed by atoms with Crippen molar-refractivity contribution in [1.29, 1.82) is 5.26 Å². The van der Waals surface area contributed by atoms with E-state index in [9.17, 15) is 23.3 Å². The van der Waals surface area contributed by atoms with Gasteiger partial charge in [-0.3, -0.25) is 9.59 Å². The average Bonchev–Trinajstić information content (AvgIpc) is 2.67. The van der Waals surface area contributed by atoms with Gasteiger partial charge in [-0.05, 0) is 49.9 Å². The molecule has 0 spiro atoms. The van der Waals surface area contributed by atoms with Gasteiger partial charge in [-0.15, -0.1) is 0 Å².